The molecular weight excluding hydrogens is 348 g/mol. The van der Waals surface area contributed by atoms with Gasteiger partial charge in [-0.15, -0.1) is 11.6 Å². The highest BCUT2D eigenvalue weighted by molar-refractivity contribution is 9.10. The second-order valence-corrected chi connectivity index (χ2v) is 7.85. The molecule has 0 atom stereocenters. The van der Waals surface area contributed by atoms with Gasteiger partial charge in [-0.05, 0) is 36.5 Å². The summed E-state index contributed by atoms with van der Waals surface area (Å²) in [4.78, 5) is 4.81. The SMILES string of the molecule is CC1(Cn2c(CCCl)nc3cc(Br)ccc32)CCCCC1. The summed E-state index contributed by atoms with van der Waals surface area (Å²) in [6.45, 7) is 3.50. The maximum absolute atomic E-state index is 5.98. The summed E-state index contributed by atoms with van der Waals surface area (Å²) in [6, 6.07) is 6.39. The Morgan fingerprint density at radius 2 is 2.05 bits per heavy atom. The van der Waals surface area contributed by atoms with Gasteiger partial charge in [-0.25, -0.2) is 4.98 Å². The summed E-state index contributed by atoms with van der Waals surface area (Å²) in [5.41, 5.74) is 2.72. The summed E-state index contributed by atoms with van der Waals surface area (Å²) in [5, 5.41) is 0. The Morgan fingerprint density at radius 3 is 2.76 bits per heavy atom. The number of alkyl halides is 1. The second-order valence-electron chi connectivity index (χ2n) is 6.56. The van der Waals surface area contributed by atoms with Crippen LogP contribution >= 0.6 is 27.5 Å². The van der Waals surface area contributed by atoms with Crippen LogP contribution in [0.25, 0.3) is 11.0 Å². The molecule has 1 saturated carbocycles. The van der Waals surface area contributed by atoms with E-state index < -0.39 is 0 Å². The van der Waals surface area contributed by atoms with Crippen molar-refractivity contribution in [3.05, 3.63) is 28.5 Å². The largest absolute Gasteiger partial charge is 0.327 e. The lowest BCUT2D eigenvalue weighted by atomic mass is 9.75. The minimum atomic E-state index is 0.403. The fourth-order valence-corrected chi connectivity index (χ4v) is 4.07. The monoisotopic (exact) mass is 368 g/mol. The number of nitrogens with zero attached hydrogens (tertiary/aromatic N) is 2. The Kier molecular flexibility index (Phi) is 4.60. The van der Waals surface area contributed by atoms with Gasteiger partial charge in [0.25, 0.3) is 0 Å². The third-order valence-corrected chi connectivity index (χ3v) is 5.39. The summed E-state index contributed by atoms with van der Waals surface area (Å²) < 4.78 is 3.50. The van der Waals surface area contributed by atoms with Crippen LogP contribution in [0.2, 0.25) is 0 Å². The third-order valence-electron chi connectivity index (χ3n) is 4.71. The molecule has 2 aromatic rings. The van der Waals surface area contributed by atoms with Crippen molar-refractivity contribution in [3.8, 4) is 0 Å². The van der Waals surface area contributed by atoms with E-state index in [9.17, 15) is 0 Å². The van der Waals surface area contributed by atoms with Crippen molar-refractivity contribution in [1.82, 2.24) is 9.55 Å². The van der Waals surface area contributed by atoms with Crippen molar-refractivity contribution in [2.45, 2.75) is 52.0 Å². The van der Waals surface area contributed by atoms with Crippen LogP contribution in [-0.4, -0.2) is 15.4 Å². The number of hydrogen-bond donors (Lipinski definition) is 0. The van der Waals surface area contributed by atoms with E-state index in [1.54, 1.807) is 0 Å². The summed E-state index contributed by atoms with van der Waals surface area (Å²) in [6.07, 6.45) is 7.59. The normalized spacial score (nSPS) is 18.2. The molecule has 1 fully saturated rings. The van der Waals surface area contributed by atoms with Crippen LogP contribution in [0.15, 0.2) is 22.7 Å². The molecule has 114 valence electrons. The molecule has 0 unspecified atom stereocenters. The second kappa shape index (κ2) is 6.29. The molecule has 0 radical (unpaired) electrons. The zero-order valence-electron chi connectivity index (χ0n) is 12.5. The van der Waals surface area contributed by atoms with Crippen LogP contribution in [0.1, 0.15) is 44.9 Å². The molecule has 3 rings (SSSR count). The van der Waals surface area contributed by atoms with E-state index >= 15 is 0 Å². The van der Waals surface area contributed by atoms with Crippen LogP contribution in [0.5, 0.6) is 0 Å². The zero-order chi connectivity index (χ0) is 14.9. The number of imidazole rings is 1. The predicted octanol–water partition coefficient (Wildman–Crippen LogP) is 5.55. The molecular formula is C17H22BrClN2. The Bertz CT molecular complexity index is 629. The predicted molar refractivity (Wildman–Crippen MR) is 93.0 cm³/mol. The van der Waals surface area contributed by atoms with Crippen LogP contribution in [0.4, 0.5) is 0 Å². The molecule has 0 spiro atoms. The molecule has 21 heavy (non-hydrogen) atoms. The number of aryl methyl sites for hydroxylation is 1. The molecule has 1 aromatic carbocycles. The molecule has 0 amide bonds. The summed E-state index contributed by atoms with van der Waals surface area (Å²) in [5.74, 6) is 1.76. The Balaban J connectivity index is 2.00. The first-order valence-electron chi connectivity index (χ1n) is 7.82. The van der Waals surface area contributed by atoms with Gasteiger partial charge in [0.15, 0.2) is 0 Å². The molecule has 1 aliphatic carbocycles. The highest BCUT2D eigenvalue weighted by atomic mass is 79.9. The van der Waals surface area contributed by atoms with Gasteiger partial charge in [-0.2, -0.15) is 0 Å². The van der Waals surface area contributed by atoms with Crippen LogP contribution in [0, 0.1) is 5.41 Å². The van der Waals surface area contributed by atoms with E-state index in [4.69, 9.17) is 16.6 Å². The maximum Gasteiger partial charge on any atom is 0.111 e. The number of hydrogen-bond acceptors (Lipinski definition) is 1. The minimum absolute atomic E-state index is 0.403. The average Bonchev–Trinajstić information content (AvgIpc) is 2.76. The van der Waals surface area contributed by atoms with Gasteiger partial charge in [0.2, 0.25) is 0 Å². The van der Waals surface area contributed by atoms with E-state index in [-0.39, 0.29) is 0 Å². The average molecular weight is 370 g/mol. The lowest BCUT2D eigenvalue weighted by Crippen LogP contribution is -2.27. The summed E-state index contributed by atoms with van der Waals surface area (Å²) in [7, 11) is 0. The Labute approximate surface area is 140 Å². The maximum atomic E-state index is 5.98. The molecule has 0 N–H and O–H groups in total. The first-order chi connectivity index (χ1) is 10.1. The topological polar surface area (TPSA) is 17.8 Å². The first kappa shape index (κ1) is 15.4. The molecule has 1 aromatic heterocycles. The van der Waals surface area contributed by atoms with Crippen molar-refractivity contribution in [1.29, 1.82) is 0 Å². The van der Waals surface area contributed by atoms with Crippen LogP contribution in [-0.2, 0) is 13.0 Å². The van der Waals surface area contributed by atoms with Crippen molar-refractivity contribution in [3.63, 3.8) is 0 Å². The van der Waals surface area contributed by atoms with E-state index in [1.165, 1.54) is 37.6 Å². The van der Waals surface area contributed by atoms with Gasteiger partial charge in [0.05, 0.1) is 11.0 Å². The first-order valence-corrected chi connectivity index (χ1v) is 9.15. The van der Waals surface area contributed by atoms with Gasteiger partial charge < -0.3 is 4.57 Å². The third kappa shape index (κ3) is 3.29. The van der Waals surface area contributed by atoms with Gasteiger partial charge in [0.1, 0.15) is 5.82 Å². The Morgan fingerprint density at radius 1 is 1.29 bits per heavy atom. The highest BCUT2D eigenvalue weighted by Crippen LogP contribution is 2.38. The standard InChI is InChI=1S/C17H22BrClN2/c1-17(8-3-2-4-9-17)12-21-15-6-5-13(18)11-14(15)20-16(21)7-10-19/h5-6,11H,2-4,7-10,12H2,1H3. The molecule has 1 heterocycles. The number of rotatable bonds is 4. The van der Waals surface area contributed by atoms with E-state index in [1.807, 2.05) is 0 Å². The van der Waals surface area contributed by atoms with Crippen LogP contribution in [0.3, 0.4) is 0 Å². The van der Waals surface area contributed by atoms with E-state index in [2.05, 4.69) is 45.6 Å². The van der Waals surface area contributed by atoms with Gasteiger partial charge in [0, 0.05) is 23.3 Å². The lowest BCUT2D eigenvalue weighted by Gasteiger charge is -2.34. The van der Waals surface area contributed by atoms with Gasteiger partial charge >= 0.3 is 0 Å². The fourth-order valence-electron chi connectivity index (χ4n) is 3.55. The van der Waals surface area contributed by atoms with E-state index in [0.717, 1.165) is 28.8 Å². The fraction of sp³-hybridized carbons (Fsp3) is 0.588. The molecule has 0 aliphatic heterocycles. The minimum Gasteiger partial charge on any atom is -0.327 e. The number of halogens is 2. The molecule has 4 heteroatoms. The summed E-state index contributed by atoms with van der Waals surface area (Å²) >= 11 is 9.52. The molecule has 1 aliphatic rings. The van der Waals surface area contributed by atoms with Crippen molar-refractivity contribution >= 4 is 38.6 Å². The van der Waals surface area contributed by atoms with Gasteiger partial charge in [-0.1, -0.05) is 42.1 Å². The quantitative estimate of drug-likeness (QED) is 0.646. The van der Waals surface area contributed by atoms with Crippen molar-refractivity contribution < 1.29 is 0 Å². The molecule has 2 nitrogen and oxygen atoms in total. The Hall–Kier alpha value is -0.540. The van der Waals surface area contributed by atoms with Crippen LogP contribution < -0.4 is 0 Å². The van der Waals surface area contributed by atoms with Crippen molar-refractivity contribution in [2.75, 3.05) is 5.88 Å². The zero-order valence-corrected chi connectivity index (χ0v) is 14.9. The molecule has 0 saturated heterocycles. The van der Waals surface area contributed by atoms with Crippen molar-refractivity contribution in [2.24, 2.45) is 5.41 Å². The van der Waals surface area contributed by atoms with E-state index in [0.29, 0.717) is 11.3 Å². The van der Waals surface area contributed by atoms with Gasteiger partial charge in [-0.3, -0.25) is 0 Å². The number of benzene rings is 1. The highest BCUT2D eigenvalue weighted by Gasteiger charge is 2.28. The number of fused-ring (bicyclic) bond motifs is 1. The lowest BCUT2D eigenvalue weighted by molar-refractivity contribution is 0.183. The number of aromatic nitrogens is 2. The molecule has 0 bridgehead atoms. The smallest absolute Gasteiger partial charge is 0.111 e.